The minimum atomic E-state index is -1.16. The molecule has 0 aromatic carbocycles. The fraction of sp³-hybridized carbons (Fsp3) is 0.364. The highest BCUT2D eigenvalue weighted by molar-refractivity contribution is 9.09. The average Bonchev–Trinajstić information content (AvgIpc) is 3.86. The Morgan fingerprint density at radius 1 is 0.772 bits per heavy atom. The van der Waals surface area contributed by atoms with Gasteiger partial charge in [-0.3, -0.25) is 19.4 Å². The number of nitrogens with one attached hydrogen (secondary N) is 2. The fourth-order valence-corrected chi connectivity index (χ4v) is 8.26. The molecule has 12 nitrogen and oxygen atoms in total. The van der Waals surface area contributed by atoms with Crippen LogP contribution >= 0.6 is 15.9 Å². The highest BCUT2D eigenvalue weighted by Gasteiger charge is 2.53. The molecule has 2 N–H and O–H groups in total. The summed E-state index contributed by atoms with van der Waals surface area (Å²) in [5.41, 5.74) is 10.8. The minimum Gasteiger partial charge on any atom is -0.469 e. The normalized spacial score (nSPS) is 17.5. The molecule has 3 aromatic rings. The number of hydrogen-bond acceptors (Lipinski definition) is 10. The van der Waals surface area contributed by atoms with Crippen LogP contribution in [0.4, 0.5) is 0 Å². The number of rotatable bonds is 11. The van der Waals surface area contributed by atoms with E-state index in [-0.39, 0.29) is 30.4 Å². The molecule has 2 aliphatic heterocycles. The first-order valence-corrected chi connectivity index (χ1v) is 19.8. The Bertz CT molecular complexity index is 2470. The molecule has 2 atom stereocenters. The van der Waals surface area contributed by atoms with Crippen molar-refractivity contribution in [2.24, 2.45) is 5.92 Å². The number of aromatic nitrogens is 4. The van der Waals surface area contributed by atoms with Crippen molar-refractivity contribution in [3.05, 3.63) is 93.1 Å². The van der Waals surface area contributed by atoms with E-state index in [0.29, 0.717) is 41.2 Å². The summed E-state index contributed by atoms with van der Waals surface area (Å²) >= 11 is 3.53. The van der Waals surface area contributed by atoms with Crippen molar-refractivity contribution in [2.75, 3.05) is 33.8 Å². The molecule has 57 heavy (non-hydrogen) atoms. The third-order valence-electron chi connectivity index (χ3n) is 11.3. The van der Waals surface area contributed by atoms with Gasteiger partial charge in [0.05, 0.1) is 62.2 Å². The van der Waals surface area contributed by atoms with Gasteiger partial charge in [-0.05, 0) is 105 Å². The monoisotopic (exact) mass is 838 g/mol. The molecule has 0 fully saturated rings. The minimum absolute atomic E-state index is 0.140. The van der Waals surface area contributed by atoms with Gasteiger partial charge >= 0.3 is 23.9 Å². The summed E-state index contributed by atoms with van der Waals surface area (Å²) in [5, 5.41) is 0.790. The van der Waals surface area contributed by atoms with Crippen molar-refractivity contribution in [2.45, 2.75) is 65.2 Å². The number of fused-ring (bicyclic) bond motifs is 11. The van der Waals surface area contributed by atoms with Crippen molar-refractivity contribution >= 4 is 84.7 Å². The average molecular weight is 840 g/mol. The maximum atomic E-state index is 13.8. The third kappa shape index (κ3) is 7.64. The zero-order valence-electron chi connectivity index (χ0n) is 33.5. The van der Waals surface area contributed by atoms with Gasteiger partial charge < -0.3 is 28.9 Å². The number of esters is 4. The Kier molecular flexibility index (Phi) is 12.2. The molecule has 3 aliphatic rings. The molecule has 1 aliphatic carbocycles. The molecule has 298 valence electrons. The van der Waals surface area contributed by atoms with Crippen LogP contribution in [0.25, 0.3) is 44.9 Å². The van der Waals surface area contributed by atoms with Crippen LogP contribution < -0.4 is 0 Å². The second-order valence-electron chi connectivity index (χ2n) is 14.4. The maximum Gasteiger partial charge on any atom is 0.334 e. The van der Waals surface area contributed by atoms with Crippen molar-refractivity contribution in [3.8, 4) is 0 Å². The molecule has 13 heteroatoms. The largest absolute Gasteiger partial charge is 0.469 e. The quantitative estimate of drug-likeness (QED) is 0.110. The summed E-state index contributed by atoms with van der Waals surface area (Å²) in [6, 6.07) is 7.84. The van der Waals surface area contributed by atoms with E-state index >= 15 is 0 Å². The lowest BCUT2D eigenvalue weighted by molar-refractivity contribution is -0.149. The van der Waals surface area contributed by atoms with Gasteiger partial charge in [0.1, 0.15) is 5.92 Å². The summed E-state index contributed by atoms with van der Waals surface area (Å²) < 4.78 is 20.5. The van der Waals surface area contributed by atoms with E-state index in [9.17, 15) is 19.2 Å². The first-order valence-electron chi connectivity index (χ1n) is 18.7. The summed E-state index contributed by atoms with van der Waals surface area (Å²) in [6.45, 7) is 7.91. The van der Waals surface area contributed by atoms with E-state index < -0.39 is 23.3 Å². The first kappa shape index (κ1) is 41.1. The van der Waals surface area contributed by atoms with Gasteiger partial charge in [-0.15, -0.1) is 0 Å². The first-order chi connectivity index (χ1) is 27.3. The van der Waals surface area contributed by atoms with E-state index in [2.05, 4.69) is 38.0 Å². The lowest BCUT2D eigenvalue weighted by atomic mass is 9.64. The highest BCUT2D eigenvalue weighted by Crippen LogP contribution is 2.52. The number of aryl methyl sites for hydroxylation is 3. The molecule has 6 rings (SSSR count). The van der Waals surface area contributed by atoms with Crippen LogP contribution in [-0.4, -0.2) is 77.6 Å². The number of halogens is 1. The molecule has 5 heterocycles. The SMILES string of the molecule is COC(=O)CCC1=C(C)c2cc3nc(cc4[nH]c(cc5[nH]c(cc1n2)c(CCC(=O)OC)c5C)c(C)c4/C=C/CCBr)C1(C)C3=CC=C(C(=O)OC)C1C(=O)OC. The predicted octanol–water partition coefficient (Wildman–Crippen LogP) is 7.96. The van der Waals surface area contributed by atoms with E-state index in [0.717, 1.165) is 67.2 Å². The highest BCUT2D eigenvalue weighted by atomic mass is 79.9. The zero-order chi connectivity index (χ0) is 41.2. The van der Waals surface area contributed by atoms with E-state index in [1.54, 1.807) is 6.08 Å². The van der Waals surface area contributed by atoms with Crippen molar-refractivity contribution in [1.29, 1.82) is 0 Å². The van der Waals surface area contributed by atoms with Crippen LogP contribution in [0.2, 0.25) is 0 Å². The summed E-state index contributed by atoms with van der Waals surface area (Å²) in [5.74, 6) is -2.99. The third-order valence-corrected chi connectivity index (χ3v) is 11.7. The van der Waals surface area contributed by atoms with Gasteiger partial charge in [0.2, 0.25) is 0 Å². The van der Waals surface area contributed by atoms with E-state index in [4.69, 9.17) is 28.9 Å². The van der Waals surface area contributed by atoms with Crippen LogP contribution in [-0.2, 0) is 50.0 Å². The molecule has 2 unspecified atom stereocenters. The van der Waals surface area contributed by atoms with E-state index in [1.165, 1.54) is 28.4 Å². The number of methoxy groups -OCH3 is 4. The van der Waals surface area contributed by atoms with Crippen LogP contribution in [0.15, 0.2) is 48.1 Å². The van der Waals surface area contributed by atoms with Crippen molar-refractivity contribution < 1.29 is 38.1 Å². The number of hydrogen-bond donors (Lipinski definition) is 2. The summed E-state index contributed by atoms with van der Waals surface area (Å²) in [6.07, 6.45) is 9.50. The van der Waals surface area contributed by atoms with Crippen molar-refractivity contribution in [1.82, 2.24) is 19.9 Å². The number of carbonyl (C=O) groups is 4. The Morgan fingerprint density at radius 3 is 2.12 bits per heavy atom. The number of aromatic amines is 2. The smallest absolute Gasteiger partial charge is 0.334 e. The molecule has 0 saturated carbocycles. The topological polar surface area (TPSA) is 163 Å². The Hall–Kier alpha value is -5.56. The van der Waals surface area contributed by atoms with Gasteiger partial charge in [-0.2, -0.15) is 0 Å². The van der Waals surface area contributed by atoms with Crippen molar-refractivity contribution in [3.63, 3.8) is 0 Å². The summed E-state index contributed by atoms with van der Waals surface area (Å²) in [7, 11) is 5.33. The number of carbonyl (C=O) groups excluding carboxylic acids is 4. The Labute approximate surface area is 339 Å². The Morgan fingerprint density at radius 2 is 1.46 bits per heavy atom. The standard InChI is InChI=1S/C44H47BrN4O8/c1-23-26(11-9-10-18-45)36-22-38-44(4)30(15-12-29(42(52)56-7)41(44)43(53)57-8)37(49-38)20-33-25(3)28(14-17-40(51)55-6)35(47-33)21-34-27(13-16-39(50)54-5)24(2)32(46-34)19-31(23)48-36/h9,11-12,15,19-22,41,46,48H,10,13-14,16-18H2,1-8H3/b11-9+,31-19?,32-19?,33-20?,34-21?,35-21?,36-22?,37-20?,38-22?. The Balaban J connectivity index is 1.77. The molecule has 0 amide bonds. The zero-order valence-corrected chi connectivity index (χ0v) is 35.1. The molecule has 3 aromatic heterocycles. The number of alkyl halides is 1. The van der Waals surface area contributed by atoms with Gasteiger partial charge in [0.15, 0.2) is 0 Å². The van der Waals surface area contributed by atoms with Gasteiger partial charge in [0, 0.05) is 45.8 Å². The van der Waals surface area contributed by atoms with Gasteiger partial charge in [0.25, 0.3) is 0 Å². The van der Waals surface area contributed by atoms with Crippen LogP contribution in [0.1, 0.15) is 84.6 Å². The van der Waals surface area contributed by atoms with Crippen LogP contribution in [0, 0.1) is 19.8 Å². The second kappa shape index (κ2) is 16.9. The lowest BCUT2D eigenvalue weighted by Crippen LogP contribution is -2.42. The number of nitrogens with zero attached hydrogens (tertiary/aromatic N) is 2. The number of H-pyrrole nitrogens is 2. The molecule has 0 saturated heterocycles. The number of allylic oxidation sites excluding steroid dienone is 6. The molecular formula is C44H47BrN4O8. The second-order valence-corrected chi connectivity index (χ2v) is 15.2. The van der Waals surface area contributed by atoms with Gasteiger partial charge in [-0.1, -0.05) is 40.2 Å². The molecule has 0 spiro atoms. The fourth-order valence-electron chi connectivity index (χ4n) is 8.00. The molecule has 0 radical (unpaired) electrons. The van der Waals surface area contributed by atoms with Crippen LogP contribution in [0.5, 0.6) is 0 Å². The van der Waals surface area contributed by atoms with E-state index in [1.807, 2.05) is 58.0 Å². The van der Waals surface area contributed by atoms with Gasteiger partial charge in [-0.25, -0.2) is 9.78 Å². The maximum absolute atomic E-state index is 13.8. The predicted molar refractivity (Wildman–Crippen MR) is 223 cm³/mol. The summed E-state index contributed by atoms with van der Waals surface area (Å²) in [4.78, 5) is 69.5. The number of ether oxygens (including phenoxy) is 4. The molecular weight excluding hydrogens is 792 g/mol. The van der Waals surface area contributed by atoms with Crippen LogP contribution in [0.3, 0.4) is 0 Å². The lowest BCUT2D eigenvalue weighted by Gasteiger charge is -2.36. The molecule has 8 bridgehead atoms.